The third kappa shape index (κ3) is 4.27. The molecule has 96 valence electrons. The predicted molar refractivity (Wildman–Crippen MR) is 80.4 cm³/mol. The Hall–Kier alpha value is -2.06. The molecular weight excluding hydrogens is 258 g/mol. The number of oxime groups is 1. The predicted octanol–water partition coefficient (Wildman–Crippen LogP) is 4.53. The lowest BCUT2D eigenvalue weighted by Crippen LogP contribution is -1.88. The summed E-state index contributed by atoms with van der Waals surface area (Å²) in [5.41, 5.74) is 3.11. The molecule has 2 aromatic rings. The molecule has 0 aliphatic rings. The van der Waals surface area contributed by atoms with Gasteiger partial charge in [-0.1, -0.05) is 65.8 Å². The molecule has 0 amide bonds. The van der Waals surface area contributed by atoms with Crippen molar-refractivity contribution < 1.29 is 4.84 Å². The zero-order valence-electron chi connectivity index (χ0n) is 10.4. The molecule has 2 rings (SSSR count). The molecule has 0 saturated carbocycles. The second kappa shape index (κ2) is 6.76. The van der Waals surface area contributed by atoms with Crippen LogP contribution in [0.5, 0.6) is 0 Å². The maximum atomic E-state index is 5.79. The van der Waals surface area contributed by atoms with Gasteiger partial charge in [0, 0.05) is 5.02 Å². The van der Waals surface area contributed by atoms with Gasteiger partial charge in [-0.3, -0.25) is 0 Å². The smallest absolute Gasteiger partial charge is 0.142 e. The molecule has 0 spiro atoms. The van der Waals surface area contributed by atoms with Crippen LogP contribution < -0.4 is 0 Å². The zero-order chi connectivity index (χ0) is 13.5. The normalized spacial score (nSPS) is 10.6. The van der Waals surface area contributed by atoms with E-state index in [-0.39, 0.29) is 0 Å². The number of benzene rings is 2. The summed E-state index contributed by atoms with van der Waals surface area (Å²) < 4.78 is 0. The van der Waals surface area contributed by atoms with Crippen molar-refractivity contribution in [2.24, 2.45) is 5.16 Å². The molecule has 0 bridgehead atoms. The Balaban J connectivity index is 1.85. The molecule has 0 saturated heterocycles. The molecular formula is C16H14ClNO. The van der Waals surface area contributed by atoms with Crippen molar-refractivity contribution in [3.8, 4) is 0 Å². The van der Waals surface area contributed by atoms with Crippen molar-refractivity contribution in [2.45, 2.75) is 6.61 Å². The van der Waals surface area contributed by atoms with Gasteiger partial charge in [0.2, 0.25) is 0 Å². The van der Waals surface area contributed by atoms with Crippen molar-refractivity contribution in [3.05, 3.63) is 76.8 Å². The van der Waals surface area contributed by atoms with Gasteiger partial charge in [-0.05, 0) is 28.8 Å². The van der Waals surface area contributed by atoms with E-state index < -0.39 is 0 Å². The van der Waals surface area contributed by atoms with E-state index >= 15 is 0 Å². The summed E-state index contributed by atoms with van der Waals surface area (Å²) in [6.07, 6.45) is 3.47. The molecule has 3 heteroatoms. The molecule has 0 aliphatic carbocycles. The Morgan fingerprint density at radius 1 is 1.00 bits per heavy atom. The number of nitrogens with zero attached hydrogens (tertiary/aromatic N) is 1. The van der Waals surface area contributed by atoms with Gasteiger partial charge < -0.3 is 4.84 Å². The average molecular weight is 272 g/mol. The van der Waals surface area contributed by atoms with E-state index in [1.54, 1.807) is 6.21 Å². The first-order valence-corrected chi connectivity index (χ1v) is 6.28. The molecule has 0 fully saturated rings. The standard InChI is InChI=1S/C16H14ClNO/c1-2-13-3-5-15(6-4-13)12-19-18-11-14-7-9-16(17)10-8-14/h2-11H,1,12H2. The Bertz CT molecular complexity index is 558. The summed E-state index contributed by atoms with van der Waals surface area (Å²) in [5, 5.41) is 4.63. The van der Waals surface area contributed by atoms with Gasteiger partial charge in [0.15, 0.2) is 0 Å². The average Bonchev–Trinajstić information content (AvgIpc) is 2.46. The van der Waals surface area contributed by atoms with Gasteiger partial charge in [-0.15, -0.1) is 0 Å². The van der Waals surface area contributed by atoms with Gasteiger partial charge in [0.05, 0.1) is 6.21 Å². The van der Waals surface area contributed by atoms with Crippen LogP contribution in [0.4, 0.5) is 0 Å². The maximum Gasteiger partial charge on any atom is 0.142 e. The van der Waals surface area contributed by atoms with Gasteiger partial charge >= 0.3 is 0 Å². The molecule has 0 N–H and O–H groups in total. The first kappa shape index (κ1) is 13.4. The van der Waals surface area contributed by atoms with Crippen LogP contribution in [0.1, 0.15) is 16.7 Å². The van der Waals surface area contributed by atoms with Crippen LogP contribution >= 0.6 is 11.6 Å². The van der Waals surface area contributed by atoms with Crippen LogP contribution in [-0.4, -0.2) is 6.21 Å². The summed E-state index contributed by atoms with van der Waals surface area (Å²) in [6, 6.07) is 15.4. The first-order chi connectivity index (χ1) is 9.28. The lowest BCUT2D eigenvalue weighted by Gasteiger charge is -2.00. The van der Waals surface area contributed by atoms with Crippen molar-refractivity contribution in [1.82, 2.24) is 0 Å². The van der Waals surface area contributed by atoms with E-state index in [1.165, 1.54) is 0 Å². The molecule has 0 unspecified atom stereocenters. The summed E-state index contributed by atoms with van der Waals surface area (Å²) in [6.45, 7) is 4.16. The highest BCUT2D eigenvalue weighted by molar-refractivity contribution is 6.30. The fourth-order valence-electron chi connectivity index (χ4n) is 1.51. The Kier molecular flexibility index (Phi) is 4.76. The highest BCUT2D eigenvalue weighted by Crippen LogP contribution is 2.09. The SMILES string of the molecule is C=Cc1ccc(CON=Cc2ccc(Cl)cc2)cc1. The minimum atomic E-state index is 0.446. The fraction of sp³-hybridized carbons (Fsp3) is 0.0625. The number of rotatable bonds is 5. The second-order valence-corrected chi connectivity index (χ2v) is 4.44. The van der Waals surface area contributed by atoms with Crippen LogP contribution in [0.2, 0.25) is 5.02 Å². The summed E-state index contributed by atoms with van der Waals surface area (Å²) in [4.78, 5) is 5.24. The maximum absolute atomic E-state index is 5.79. The van der Waals surface area contributed by atoms with E-state index in [2.05, 4.69) is 11.7 Å². The minimum Gasteiger partial charge on any atom is -0.391 e. The van der Waals surface area contributed by atoms with Crippen LogP contribution in [-0.2, 0) is 11.4 Å². The molecule has 0 atom stereocenters. The van der Waals surface area contributed by atoms with Crippen LogP contribution in [0.3, 0.4) is 0 Å². The van der Waals surface area contributed by atoms with E-state index in [1.807, 2.05) is 54.6 Å². The molecule has 0 heterocycles. The molecule has 2 aromatic carbocycles. The van der Waals surface area contributed by atoms with Crippen molar-refractivity contribution in [2.75, 3.05) is 0 Å². The quantitative estimate of drug-likeness (QED) is 0.578. The monoisotopic (exact) mass is 271 g/mol. The topological polar surface area (TPSA) is 21.6 Å². The highest BCUT2D eigenvalue weighted by atomic mass is 35.5. The molecule has 19 heavy (non-hydrogen) atoms. The summed E-state index contributed by atoms with van der Waals surface area (Å²) in [7, 11) is 0. The van der Waals surface area contributed by atoms with Crippen molar-refractivity contribution in [3.63, 3.8) is 0 Å². The zero-order valence-corrected chi connectivity index (χ0v) is 11.2. The van der Waals surface area contributed by atoms with Crippen molar-refractivity contribution in [1.29, 1.82) is 0 Å². The Morgan fingerprint density at radius 2 is 1.63 bits per heavy atom. The van der Waals surface area contributed by atoms with E-state index in [9.17, 15) is 0 Å². The Labute approximate surface area is 118 Å². The third-order valence-corrected chi connectivity index (χ3v) is 2.84. The number of hydrogen-bond acceptors (Lipinski definition) is 2. The largest absolute Gasteiger partial charge is 0.391 e. The molecule has 2 nitrogen and oxygen atoms in total. The minimum absolute atomic E-state index is 0.446. The lowest BCUT2D eigenvalue weighted by atomic mass is 10.1. The highest BCUT2D eigenvalue weighted by Gasteiger charge is 1.93. The summed E-state index contributed by atoms with van der Waals surface area (Å²) in [5.74, 6) is 0. The fourth-order valence-corrected chi connectivity index (χ4v) is 1.63. The van der Waals surface area contributed by atoms with Crippen molar-refractivity contribution >= 4 is 23.9 Å². The van der Waals surface area contributed by atoms with Gasteiger partial charge in [-0.2, -0.15) is 0 Å². The number of halogens is 1. The second-order valence-electron chi connectivity index (χ2n) is 4.01. The molecule has 0 aromatic heterocycles. The van der Waals surface area contributed by atoms with E-state index in [0.29, 0.717) is 11.6 Å². The van der Waals surface area contributed by atoms with E-state index in [0.717, 1.165) is 16.7 Å². The van der Waals surface area contributed by atoms with Gasteiger partial charge in [-0.25, -0.2) is 0 Å². The molecule has 0 radical (unpaired) electrons. The lowest BCUT2D eigenvalue weighted by molar-refractivity contribution is 0.132. The van der Waals surface area contributed by atoms with Gasteiger partial charge in [0.1, 0.15) is 6.61 Å². The molecule has 0 aliphatic heterocycles. The van der Waals surface area contributed by atoms with Crippen LogP contribution in [0.25, 0.3) is 6.08 Å². The van der Waals surface area contributed by atoms with Crippen LogP contribution in [0, 0.1) is 0 Å². The van der Waals surface area contributed by atoms with Gasteiger partial charge in [0.25, 0.3) is 0 Å². The first-order valence-electron chi connectivity index (χ1n) is 5.90. The Morgan fingerprint density at radius 3 is 2.26 bits per heavy atom. The third-order valence-electron chi connectivity index (χ3n) is 2.59. The number of hydrogen-bond donors (Lipinski definition) is 0. The summed E-state index contributed by atoms with van der Waals surface area (Å²) >= 11 is 5.79. The van der Waals surface area contributed by atoms with Crippen LogP contribution in [0.15, 0.2) is 60.3 Å². The van der Waals surface area contributed by atoms with E-state index in [4.69, 9.17) is 16.4 Å².